The highest BCUT2D eigenvalue weighted by Crippen LogP contribution is 2.21. The summed E-state index contributed by atoms with van der Waals surface area (Å²) >= 11 is 7.21. The number of rotatable bonds is 6. The number of carboxylic acids is 1. The van der Waals surface area contributed by atoms with E-state index in [1.54, 1.807) is 6.07 Å². The van der Waals surface area contributed by atoms with Crippen molar-refractivity contribution in [2.75, 3.05) is 6.54 Å². The van der Waals surface area contributed by atoms with E-state index >= 15 is 0 Å². The highest BCUT2D eigenvalue weighted by atomic mass is 35.5. The van der Waals surface area contributed by atoms with Crippen LogP contribution in [0.2, 0.25) is 4.34 Å². The molecule has 0 aliphatic rings. The smallest absolute Gasteiger partial charge is 0.327 e. The van der Waals surface area contributed by atoms with Crippen molar-refractivity contribution in [1.29, 1.82) is 0 Å². The van der Waals surface area contributed by atoms with E-state index in [2.05, 4.69) is 16.6 Å². The van der Waals surface area contributed by atoms with Gasteiger partial charge in [-0.3, -0.25) is 0 Å². The number of terminal acetylenes is 1. The molecule has 1 rings (SSSR count). The monoisotopic (exact) mass is 300 g/mol. The topological polar surface area (TPSA) is 78.4 Å². The molecule has 0 aromatic carbocycles. The summed E-state index contributed by atoms with van der Waals surface area (Å²) in [5.41, 5.74) is 0. The number of aliphatic carboxylic acids is 1. The molecule has 19 heavy (non-hydrogen) atoms. The maximum absolute atomic E-state index is 11.5. The molecule has 0 aliphatic carbocycles. The molecule has 1 aromatic rings. The number of hydrogen-bond acceptors (Lipinski definition) is 3. The van der Waals surface area contributed by atoms with E-state index in [1.165, 1.54) is 11.3 Å². The zero-order chi connectivity index (χ0) is 14.3. The highest BCUT2D eigenvalue weighted by Gasteiger charge is 2.18. The third-order valence-electron chi connectivity index (χ3n) is 2.21. The number of carboxylic acid groups (broad SMARTS) is 1. The van der Waals surface area contributed by atoms with Crippen LogP contribution in [0.25, 0.3) is 0 Å². The van der Waals surface area contributed by atoms with Crippen LogP contribution in [-0.2, 0) is 11.2 Å². The van der Waals surface area contributed by atoms with Crippen molar-refractivity contribution in [1.82, 2.24) is 10.6 Å². The van der Waals surface area contributed by atoms with Crippen molar-refractivity contribution in [3.05, 3.63) is 21.3 Å². The fourth-order valence-corrected chi connectivity index (χ4v) is 2.40. The van der Waals surface area contributed by atoms with E-state index in [-0.39, 0.29) is 6.42 Å². The van der Waals surface area contributed by atoms with Gasteiger partial charge in [0.25, 0.3) is 0 Å². The van der Waals surface area contributed by atoms with Crippen LogP contribution in [0.5, 0.6) is 0 Å². The van der Waals surface area contributed by atoms with Crippen LogP contribution in [-0.4, -0.2) is 29.7 Å². The SMILES string of the molecule is C#CCC(NC(=O)NCCc1ccc(Cl)s1)C(=O)O. The molecular formula is C12H13ClN2O3S. The molecule has 1 atom stereocenters. The number of urea groups is 1. The molecule has 1 aromatic heterocycles. The Labute approximate surface area is 120 Å². The molecule has 0 saturated carbocycles. The molecule has 1 unspecified atom stereocenters. The minimum absolute atomic E-state index is 0.0523. The van der Waals surface area contributed by atoms with E-state index < -0.39 is 18.0 Å². The van der Waals surface area contributed by atoms with Crippen molar-refractivity contribution in [3.63, 3.8) is 0 Å². The second-order valence-corrected chi connectivity index (χ2v) is 5.45. The van der Waals surface area contributed by atoms with E-state index in [0.29, 0.717) is 17.3 Å². The number of amides is 2. The number of hydrogen-bond donors (Lipinski definition) is 3. The average molecular weight is 301 g/mol. The summed E-state index contributed by atoms with van der Waals surface area (Å²) in [6.07, 6.45) is 5.61. The van der Waals surface area contributed by atoms with Crippen LogP contribution in [0.4, 0.5) is 4.79 Å². The maximum Gasteiger partial charge on any atom is 0.327 e. The predicted octanol–water partition coefficient (Wildman–Crippen LogP) is 1.72. The summed E-state index contributed by atoms with van der Waals surface area (Å²) in [6.45, 7) is 0.394. The van der Waals surface area contributed by atoms with Crippen molar-refractivity contribution in [2.24, 2.45) is 0 Å². The molecule has 2 amide bonds. The first-order valence-corrected chi connectivity index (χ1v) is 6.67. The summed E-state index contributed by atoms with van der Waals surface area (Å²) in [5, 5.41) is 13.7. The van der Waals surface area contributed by atoms with Gasteiger partial charge in [0, 0.05) is 17.8 Å². The molecule has 0 bridgehead atoms. The van der Waals surface area contributed by atoms with Gasteiger partial charge >= 0.3 is 12.0 Å². The Morgan fingerprint density at radius 3 is 2.79 bits per heavy atom. The average Bonchev–Trinajstić information content (AvgIpc) is 2.74. The number of carbonyl (C=O) groups is 2. The first-order chi connectivity index (χ1) is 9.02. The van der Waals surface area contributed by atoms with E-state index in [0.717, 1.165) is 4.88 Å². The lowest BCUT2D eigenvalue weighted by molar-refractivity contribution is -0.139. The third-order valence-corrected chi connectivity index (χ3v) is 3.50. The van der Waals surface area contributed by atoms with Gasteiger partial charge in [0.15, 0.2) is 0 Å². The zero-order valence-electron chi connectivity index (χ0n) is 9.98. The second-order valence-electron chi connectivity index (χ2n) is 3.66. The van der Waals surface area contributed by atoms with Crippen molar-refractivity contribution < 1.29 is 14.7 Å². The number of nitrogens with one attached hydrogen (secondary N) is 2. The molecule has 7 heteroatoms. The fraction of sp³-hybridized carbons (Fsp3) is 0.333. The van der Waals surface area contributed by atoms with Gasteiger partial charge in [-0.05, 0) is 18.6 Å². The molecule has 3 N–H and O–H groups in total. The van der Waals surface area contributed by atoms with Crippen LogP contribution in [0.15, 0.2) is 12.1 Å². The van der Waals surface area contributed by atoms with Crippen LogP contribution in [0.3, 0.4) is 0 Å². The third kappa shape index (κ3) is 5.64. The minimum Gasteiger partial charge on any atom is -0.480 e. The second kappa shape index (κ2) is 7.67. The van der Waals surface area contributed by atoms with E-state index in [4.69, 9.17) is 23.1 Å². The first kappa shape index (κ1) is 15.3. The van der Waals surface area contributed by atoms with Crippen molar-refractivity contribution in [3.8, 4) is 12.3 Å². The van der Waals surface area contributed by atoms with Crippen LogP contribution < -0.4 is 10.6 Å². The number of halogens is 1. The molecule has 0 spiro atoms. The Morgan fingerprint density at radius 2 is 2.26 bits per heavy atom. The summed E-state index contributed by atoms with van der Waals surface area (Å²) in [7, 11) is 0. The maximum atomic E-state index is 11.5. The number of carbonyl (C=O) groups excluding carboxylic acids is 1. The lowest BCUT2D eigenvalue weighted by Crippen LogP contribution is -2.46. The largest absolute Gasteiger partial charge is 0.480 e. The Balaban J connectivity index is 2.31. The van der Waals surface area contributed by atoms with Crippen molar-refractivity contribution in [2.45, 2.75) is 18.9 Å². The standard InChI is InChI=1S/C12H13ClN2O3S/c1-2-3-9(11(16)17)15-12(18)14-7-6-8-4-5-10(13)19-8/h1,4-5,9H,3,6-7H2,(H,16,17)(H2,14,15,18). The molecule has 5 nitrogen and oxygen atoms in total. The molecule has 0 fully saturated rings. The molecule has 0 saturated heterocycles. The fourth-order valence-electron chi connectivity index (χ4n) is 1.31. The lowest BCUT2D eigenvalue weighted by Gasteiger charge is -2.12. The van der Waals surface area contributed by atoms with Gasteiger partial charge in [0.2, 0.25) is 0 Å². The quantitative estimate of drug-likeness (QED) is 0.700. The highest BCUT2D eigenvalue weighted by molar-refractivity contribution is 7.16. The Kier molecular flexibility index (Phi) is 6.19. The van der Waals surface area contributed by atoms with Gasteiger partial charge in [-0.25, -0.2) is 9.59 Å². The van der Waals surface area contributed by atoms with Gasteiger partial charge in [-0.2, -0.15) is 0 Å². The summed E-state index contributed by atoms with van der Waals surface area (Å²) in [5.74, 6) is 1.05. The molecular weight excluding hydrogens is 288 g/mol. The van der Waals surface area contributed by atoms with Crippen molar-refractivity contribution >= 4 is 34.9 Å². The summed E-state index contributed by atoms with van der Waals surface area (Å²) in [4.78, 5) is 23.3. The van der Waals surface area contributed by atoms with E-state index in [9.17, 15) is 9.59 Å². The van der Waals surface area contributed by atoms with Gasteiger partial charge < -0.3 is 15.7 Å². The minimum atomic E-state index is -1.15. The predicted molar refractivity (Wildman–Crippen MR) is 74.4 cm³/mol. The number of thiophene rings is 1. The molecule has 0 radical (unpaired) electrons. The molecule has 0 aliphatic heterocycles. The lowest BCUT2D eigenvalue weighted by atomic mass is 10.2. The Bertz CT molecular complexity index is 495. The van der Waals surface area contributed by atoms with Gasteiger partial charge in [-0.15, -0.1) is 23.7 Å². The molecule has 102 valence electrons. The zero-order valence-corrected chi connectivity index (χ0v) is 11.6. The van der Waals surface area contributed by atoms with Gasteiger partial charge in [0.05, 0.1) is 4.34 Å². The summed E-state index contributed by atoms with van der Waals surface area (Å²) in [6, 6.07) is 2.05. The Hall–Kier alpha value is -1.71. The van der Waals surface area contributed by atoms with Crippen LogP contribution >= 0.6 is 22.9 Å². The summed E-state index contributed by atoms with van der Waals surface area (Å²) < 4.78 is 0.694. The first-order valence-electron chi connectivity index (χ1n) is 5.47. The van der Waals surface area contributed by atoms with E-state index in [1.807, 2.05) is 6.07 Å². The van der Waals surface area contributed by atoms with Gasteiger partial charge in [-0.1, -0.05) is 11.6 Å². The normalized spacial score (nSPS) is 11.4. The van der Waals surface area contributed by atoms with Crippen LogP contribution in [0.1, 0.15) is 11.3 Å². The Morgan fingerprint density at radius 1 is 1.53 bits per heavy atom. The van der Waals surface area contributed by atoms with Gasteiger partial charge in [0.1, 0.15) is 6.04 Å². The van der Waals surface area contributed by atoms with Crippen LogP contribution in [0, 0.1) is 12.3 Å². The molecule has 1 heterocycles.